The van der Waals surface area contributed by atoms with Gasteiger partial charge in [-0.2, -0.15) is 0 Å². The molecule has 0 bridgehead atoms. The van der Waals surface area contributed by atoms with Gasteiger partial charge in [-0.25, -0.2) is 13.6 Å². The molecule has 360 valence electrons. The Bertz CT molecular complexity index is 1980. The fraction of sp³-hybridized carbons (Fsp3) is 0.667. The summed E-state index contributed by atoms with van der Waals surface area (Å²) in [5.41, 5.74) is 10.1. The number of fused-ring (bicyclic) bond motifs is 2. The quantitative estimate of drug-likeness (QED) is 0.122. The first-order chi connectivity index (χ1) is 30.7. The summed E-state index contributed by atoms with van der Waals surface area (Å²) in [5.74, 6) is 1.14. The summed E-state index contributed by atoms with van der Waals surface area (Å²) in [6.45, 7) is 19.8. The van der Waals surface area contributed by atoms with Gasteiger partial charge < -0.3 is 36.6 Å². The minimum atomic E-state index is -1.04. The van der Waals surface area contributed by atoms with Gasteiger partial charge in [-0.1, -0.05) is 52.0 Å². The van der Waals surface area contributed by atoms with Gasteiger partial charge in [0.1, 0.15) is 11.6 Å². The summed E-state index contributed by atoms with van der Waals surface area (Å²) in [6, 6.07) is 10.3. The van der Waals surface area contributed by atoms with Crippen molar-refractivity contribution in [2.75, 3.05) is 26.3 Å². The molecule has 2 aromatic carbocycles. The van der Waals surface area contributed by atoms with Crippen LogP contribution in [0.4, 0.5) is 8.78 Å². The fourth-order valence-electron chi connectivity index (χ4n) is 14.5. The number of nitrogens with two attached hydrogens (primary N) is 1. The van der Waals surface area contributed by atoms with Gasteiger partial charge in [-0.05, 0) is 214 Å². The van der Waals surface area contributed by atoms with Gasteiger partial charge in [-0.3, -0.25) is 4.79 Å². The SMILES string of the molecule is C=C1CC[C@H]2[C@H](CN)[C@@H]([C@@]3(C)CC[C@H](O)C[C@@H]3CO)CC[C@]12C.C=C1CC[C@H]2[C@H](CNC(=O)c3ccc(F)cc3)[C@@H]([C@@]3(C)CC[C@H](O)C[C@@H]3CO)CC[C@]12C.O=C(O)c1ccc(F)cc1. The molecule has 0 saturated heterocycles. The smallest absolute Gasteiger partial charge is 0.335 e. The number of rotatable bonds is 9. The van der Waals surface area contributed by atoms with Crippen LogP contribution in [-0.4, -0.2) is 75.9 Å². The molecule has 11 heteroatoms. The van der Waals surface area contributed by atoms with Crippen molar-refractivity contribution in [1.82, 2.24) is 5.32 Å². The normalized spacial score (nSPS) is 38.9. The Labute approximate surface area is 386 Å². The zero-order valence-electron chi connectivity index (χ0n) is 39.4. The highest BCUT2D eigenvalue weighted by Gasteiger charge is 2.58. The van der Waals surface area contributed by atoms with Crippen molar-refractivity contribution in [2.45, 2.75) is 130 Å². The van der Waals surface area contributed by atoms with Crippen LogP contribution in [0.5, 0.6) is 0 Å². The highest BCUT2D eigenvalue weighted by Crippen LogP contribution is 2.65. The minimum absolute atomic E-state index is 0.0650. The molecular weight excluding hydrogens is 827 g/mol. The predicted molar refractivity (Wildman–Crippen MR) is 251 cm³/mol. The molecule has 1 amide bonds. The Morgan fingerprint density at radius 2 is 1.06 bits per heavy atom. The van der Waals surface area contributed by atoms with E-state index < -0.39 is 11.8 Å². The molecule has 0 unspecified atom stereocenters. The first-order valence-electron chi connectivity index (χ1n) is 24.4. The highest BCUT2D eigenvalue weighted by molar-refractivity contribution is 5.94. The molecule has 0 aliphatic heterocycles. The summed E-state index contributed by atoms with van der Waals surface area (Å²) in [6.07, 6.45) is 13.4. The van der Waals surface area contributed by atoms with Crippen molar-refractivity contribution in [3.8, 4) is 0 Å². The monoisotopic (exact) mass is 905 g/mol. The van der Waals surface area contributed by atoms with E-state index in [1.54, 1.807) is 0 Å². The van der Waals surface area contributed by atoms with Crippen molar-refractivity contribution < 1.29 is 43.9 Å². The van der Waals surface area contributed by atoms with E-state index in [2.05, 4.69) is 46.2 Å². The van der Waals surface area contributed by atoms with E-state index in [4.69, 9.17) is 10.8 Å². The van der Waals surface area contributed by atoms with Crippen LogP contribution in [0.2, 0.25) is 0 Å². The van der Waals surface area contributed by atoms with Crippen molar-refractivity contribution >= 4 is 11.9 Å². The molecule has 6 aliphatic rings. The number of hydrogen-bond acceptors (Lipinski definition) is 7. The van der Waals surface area contributed by atoms with Crippen molar-refractivity contribution in [3.05, 3.63) is 95.6 Å². The molecule has 2 aromatic rings. The molecule has 14 atom stereocenters. The third-order valence-corrected chi connectivity index (χ3v) is 18.9. The number of allylic oxidation sites excluding steroid dienone is 2. The van der Waals surface area contributed by atoms with Crippen molar-refractivity contribution in [1.29, 1.82) is 0 Å². The number of halogens is 2. The number of amides is 1. The Morgan fingerprint density at radius 3 is 1.48 bits per heavy atom. The molecule has 0 spiro atoms. The lowest BCUT2D eigenvalue weighted by atomic mass is 9.49. The van der Waals surface area contributed by atoms with E-state index in [-0.39, 0.29) is 82.1 Å². The second-order valence-electron chi connectivity index (χ2n) is 21.8. The zero-order valence-corrected chi connectivity index (χ0v) is 39.4. The van der Waals surface area contributed by atoms with Crippen LogP contribution in [0.25, 0.3) is 0 Å². The van der Waals surface area contributed by atoms with Crippen LogP contribution in [0.15, 0.2) is 72.8 Å². The number of aliphatic hydroxyl groups is 4. The third-order valence-electron chi connectivity index (χ3n) is 18.9. The highest BCUT2D eigenvalue weighted by atomic mass is 19.1. The third kappa shape index (κ3) is 10.3. The lowest BCUT2D eigenvalue weighted by molar-refractivity contribution is -0.0928. The number of carbonyl (C=O) groups excluding carboxylic acids is 1. The predicted octanol–water partition coefficient (Wildman–Crippen LogP) is 9.34. The topological polar surface area (TPSA) is 173 Å². The zero-order chi connectivity index (χ0) is 47.5. The van der Waals surface area contributed by atoms with Crippen LogP contribution < -0.4 is 11.1 Å². The Hall–Kier alpha value is -3.48. The molecule has 0 radical (unpaired) electrons. The van der Waals surface area contributed by atoms with Crippen LogP contribution in [0.3, 0.4) is 0 Å². The molecule has 8 N–H and O–H groups in total. The van der Waals surface area contributed by atoms with E-state index in [9.17, 15) is 38.8 Å². The van der Waals surface area contributed by atoms with E-state index >= 15 is 0 Å². The van der Waals surface area contributed by atoms with Crippen molar-refractivity contribution in [2.24, 2.45) is 74.7 Å². The van der Waals surface area contributed by atoms with Gasteiger partial charge in [0.25, 0.3) is 5.91 Å². The summed E-state index contributed by atoms with van der Waals surface area (Å²) in [7, 11) is 0. The number of benzene rings is 2. The molecule has 8 rings (SSSR count). The second-order valence-corrected chi connectivity index (χ2v) is 21.8. The maximum absolute atomic E-state index is 13.3. The van der Waals surface area contributed by atoms with Gasteiger partial charge >= 0.3 is 5.97 Å². The van der Waals surface area contributed by atoms with Gasteiger partial charge in [0.05, 0.1) is 17.8 Å². The molecule has 0 aromatic heterocycles. The van der Waals surface area contributed by atoms with Crippen molar-refractivity contribution in [3.63, 3.8) is 0 Å². The first-order valence-corrected chi connectivity index (χ1v) is 24.4. The minimum Gasteiger partial charge on any atom is -0.478 e. The van der Waals surface area contributed by atoms with Crippen LogP contribution in [-0.2, 0) is 0 Å². The number of carboxylic acids is 1. The van der Waals surface area contributed by atoms with E-state index in [0.717, 1.165) is 82.9 Å². The summed E-state index contributed by atoms with van der Waals surface area (Å²) in [5, 5.41) is 52.0. The molecule has 6 aliphatic carbocycles. The maximum Gasteiger partial charge on any atom is 0.335 e. The lowest BCUT2D eigenvalue weighted by Crippen LogP contribution is -2.53. The second kappa shape index (κ2) is 20.8. The Kier molecular flexibility index (Phi) is 16.3. The Balaban J connectivity index is 0.000000184. The largest absolute Gasteiger partial charge is 0.478 e. The van der Waals surface area contributed by atoms with E-state index in [1.807, 2.05) is 0 Å². The van der Waals surface area contributed by atoms with E-state index in [1.165, 1.54) is 66.8 Å². The molecule has 0 heterocycles. The lowest BCUT2D eigenvalue weighted by Gasteiger charge is -2.56. The number of aliphatic hydroxyl groups excluding tert-OH is 4. The average molecular weight is 905 g/mol. The summed E-state index contributed by atoms with van der Waals surface area (Å²) < 4.78 is 25.4. The number of nitrogens with one attached hydrogen (secondary N) is 1. The van der Waals surface area contributed by atoms with Crippen LogP contribution in [0, 0.1) is 80.6 Å². The summed E-state index contributed by atoms with van der Waals surface area (Å²) in [4.78, 5) is 23.0. The van der Waals surface area contributed by atoms with Crippen LogP contribution >= 0.6 is 0 Å². The van der Waals surface area contributed by atoms with Gasteiger partial charge in [0.15, 0.2) is 0 Å². The number of carbonyl (C=O) groups is 2. The number of carboxylic acid groups (broad SMARTS) is 1. The standard InChI is InChI=1S/C27H38FNO3.C20H35NO2.C7H5FO2/c1-17-4-9-23-22(15-29-25(32)18-5-7-20(28)8-6-18)24(11-13-26(17,23)2)27(3)12-10-21(31)14-19(27)16-30;1-13-4-5-17-16(11-21)18(7-9-19(13,17)2)20(3)8-6-15(23)10-14(20)12-22;8-6-3-1-5(2-4-6)7(9)10/h5-8,19,21-24,30-31H,1,4,9-16H2,2-3H3,(H,29,32);14-18,22-23H,1,4-12,21H2,2-3H3;1-4H,(H,9,10)/t19-,21+,22+,23+,24+,26-,27+;14-,15+,16+,17+,18+,19-,20+;/m11./s1. The number of aromatic carboxylic acids is 1. The molecule has 6 fully saturated rings. The molecule has 65 heavy (non-hydrogen) atoms. The van der Waals surface area contributed by atoms with Gasteiger partial charge in [0, 0.05) is 25.3 Å². The van der Waals surface area contributed by atoms with E-state index in [0.29, 0.717) is 48.1 Å². The Morgan fingerprint density at radius 1 is 0.646 bits per heavy atom. The number of hydrogen-bond donors (Lipinski definition) is 7. The van der Waals surface area contributed by atoms with Gasteiger partial charge in [-0.15, -0.1) is 0 Å². The average Bonchev–Trinajstić information content (AvgIpc) is 3.77. The van der Waals surface area contributed by atoms with Crippen LogP contribution in [0.1, 0.15) is 138 Å². The molecule has 6 saturated carbocycles. The fourth-order valence-corrected chi connectivity index (χ4v) is 14.5. The summed E-state index contributed by atoms with van der Waals surface area (Å²) >= 11 is 0. The first kappa shape index (κ1) is 50.9. The maximum atomic E-state index is 13.3. The molecule has 9 nitrogen and oxygen atoms in total. The molecular formula is C54H78F2N2O7. The van der Waals surface area contributed by atoms with Gasteiger partial charge in [0.2, 0.25) is 0 Å².